The Morgan fingerprint density at radius 3 is 2.31 bits per heavy atom. The van der Waals surface area contributed by atoms with Gasteiger partial charge in [-0.15, -0.1) is 0 Å². The highest BCUT2D eigenvalue weighted by atomic mass is 19.1. The number of rotatable bonds is 7. The van der Waals surface area contributed by atoms with E-state index in [1.54, 1.807) is 30.3 Å². The largest absolute Gasteiger partial charge is 0.494 e. The average molecular weight is 356 g/mol. The Bertz CT molecular complexity index is 803. The van der Waals surface area contributed by atoms with Crippen molar-refractivity contribution in [3.05, 3.63) is 65.0 Å². The van der Waals surface area contributed by atoms with Gasteiger partial charge in [-0.25, -0.2) is 4.39 Å². The first kappa shape index (κ1) is 18.1. The quantitative estimate of drug-likeness (QED) is 0.716. The van der Waals surface area contributed by atoms with E-state index >= 15 is 0 Å². The van der Waals surface area contributed by atoms with Crippen LogP contribution in [0.4, 0.5) is 4.39 Å². The highest BCUT2D eigenvalue weighted by molar-refractivity contribution is 6.21. The number of halogens is 1. The molecule has 26 heavy (non-hydrogen) atoms. The van der Waals surface area contributed by atoms with E-state index in [0.29, 0.717) is 37.2 Å². The fraction of sp³-hybridized carbons (Fsp3) is 0.300. The molecule has 1 heterocycles. The predicted molar refractivity (Wildman–Crippen MR) is 95.7 cm³/mol. The molecule has 0 bridgehead atoms. The molecule has 0 aliphatic carbocycles. The minimum Gasteiger partial charge on any atom is -0.494 e. The zero-order valence-electron chi connectivity index (χ0n) is 14.9. The van der Waals surface area contributed by atoms with E-state index in [9.17, 15) is 14.0 Å². The fourth-order valence-corrected chi connectivity index (χ4v) is 3.14. The molecule has 0 saturated heterocycles. The number of hydrogen-bond donors (Lipinski definition) is 0. The Kier molecular flexibility index (Phi) is 5.32. The fourth-order valence-electron chi connectivity index (χ4n) is 3.14. The van der Waals surface area contributed by atoms with Gasteiger partial charge in [0.2, 0.25) is 0 Å². The Labute approximate surface area is 152 Å². The number of fused-ring (bicyclic) bond motifs is 1. The maximum Gasteiger partial charge on any atom is 0.261 e. The van der Waals surface area contributed by atoms with E-state index in [1.165, 1.54) is 18.1 Å². The highest BCUT2D eigenvalue weighted by Gasteiger charge is 2.34. The van der Waals surface area contributed by atoms with Crippen molar-refractivity contribution in [1.82, 2.24) is 9.80 Å². The Morgan fingerprint density at radius 1 is 1.08 bits per heavy atom. The van der Waals surface area contributed by atoms with Gasteiger partial charge in [0.1, 0.15) is 0 Å². The Morgan fingerprint density at radius 2 is 1.73 bits per heavy atom. The van der Waals surface area contributed by atoms with Crippen LogP contribution in [0.2, 0.25) is 0 Å². The van der Waals surface area contributed by atoms with Gasteiger partial charge in [-0.1, -0.05) is 18.2 Å². The number of carbonyl (C=O) groups excluding carboxylic acids is 2. The summed E-state index contributed by atoms with van der Waals surface area (Å²) in [7, 11) is 3.36. The van der Waals surface area contributed by atoms with Crippen LogP contribution in [-0.2, 0) is 6.54 Å². The van der Waals surface area contributed by atoms with E-state index < -0.39 is 0 Å². The lowest BCUT2D eigenvalue weighted by Gasteiger charge is -2.19. The lowest BCUT2D eigenvalue weighted by atomic mass is 10.1. The molecule has 0 unspecified atom stereocenters. The molecule has 136 valence electrons. The monoisotopic (exact) mass is 356 g/mol. The van der Waals surface area contributed by atoms with Crippen molar-refractivity contribution in [2.45, 2.75) is 13.0 Å². The molecule has 6 heteroatoms. The molecule has 0 atom stereocenters. The van der Waals surface area contributed by atoms with Crippen LogP contribution in [0, 0.1) is 5.82 Å². The van der Waals surface area contributed by atoms with Crippen LogP contribution in [0.3, 0.4) is 0 Å². The van der Waals surface area contributed by atoms with Crippen molar-refractivity contribution >= 4 is 11.8 Å². The predicted octanol–water partition coefficient (Wildman–Crippen LogP) is 2.95. The van der Waals surface area contributed by atoms with Gasteiger partial charge in [-0.2, -0.15) is 0 Å². The molecule has 0 saturated carbocycles. The van der Waals surface area contributed by atoms with Crippen LogP contribution >= 0.6 is 0 Å². The smallest absolute Gasteiger partial charge is 0.261 e. The van der Waals surface area contributed by atoms with Gasteiger partial charge in [-0.3, -0.25) is 14.5 Å². The van der Waals surface area contributed by atoms with Gasteiger partial charge in [-0.05, 0) is 49.8 Å². The van der Waals surface area contributed by atoms with Gasteiger partial charge >= 0.3 is 0 Å². The second-order valence-electron chi connectivity index (χ2n) is 6.37. The first-order valence-electron chi connectivity index (χ1n) is 8.47. The number of methoxy groups -OCH3 is 1. The number of imide groups is 1. The molecule has 0 radical (unpaired) electrons. The van der Waals surface area contributed by atoms with Crippen molar-refractivity contribution in [2.75, 3.05) is 27.2 Å². The van der Waals surface area contributed by atoms with Crippen LogP contribution in [0.1, 0.15) is 32.7 Å². The van der Waals surface area contributed by atoms with E-state index in [4.69, 9.17) is 4.74 Å². The van der Waals surface area contributed by atoms with Gasteiger partial charge in [0.05, 0.1) is 18.2 Å². The normalized spacial score (nSPS) is 13.5. The van der Waals surface area contributed by atoms with Crippen molar-refractivity contribution in [3.63, 3.8) is 0 Å². The lowest BCUT2D eigenvalue weighted by Crippen LogP contribution is -2.32. The van der Waals surface area contributed by atoms with Crippen molar-refractivity contribution in [1.29, 1.82) is 0 Å². The molecule has 0 N–H and O–H groups in total. The molecular formula is C20H21FN2O3. The summed E-state index contributed by atoms with van der Waals surface area (Å²) in [6.45, 7) is 1.62. The number of hydrogen-bond acceptors (Lipinski definition) is 4. The molecule has 3 rings (SSSR count). The van der Waals surface area contributed by atoms with Crippen LogP contribution in [0.15, 0.2) is 42.5 Å². The standard InChI is InChI=1S/C20H21FN2O3/c1-22(13-14-8-9-18(26-2)17(21)12-14)10-5-11-23-19(24)15-6-3-4-7-16(15)20(23)25/h3-4,6-9,12H,5,10-11,13H2,1-2H3. The zero-order chi connectivity index (χ0) is 18.7. The first-order chi connectivity index (χ1) is 12.5. The Hall–Kier alpha value is -2.73. The number of nitrogens with zero attached hydrogens (tertiary/aromatic N) is 2. The zero-order valence-corrected chi connectivity index (χ0v) is 14.9. The van der Waals surface area contributed by atoms with Crippen molar-refractivity contribution in [2.24, 2.45) is 0 Å². The third kappa shape index (κ3) is 3.60. The second kappa shape index (κ2) is 7.66. The van der Waals surface area contributed by atoms with Gasteiger partial charge in [0.15, 0.2) is 11.6 Å². The van der Waals surface area contributed by atoms with Crippen molar-refractivity contribution in [3.8, 4) is 5.75 Å². The minimum absolute atomic E-state index is 0.224. The maximum absolute atomic E-state index is 13.7. The number of carbonyl (C=O) groups is 2. The van der Waals surface area contributed by atoms with Crippen LogP contribution in [0.5, 0.6) is 5.75 Å². The van der Waals surface area contributed by atoms with Crippen LogP contribution in [0.25, 0.3) is 0 Å². The minimum atomic E-state index is -0.385. The summed E-state index contributed by atoms with van der Waals surface area (Å²) in [6, 6.07) is 11.8. The third-order valence-electron chi connectivity index (χ3n) is 4.47. The van der Waals surface area contributed by atoms with Gasteiger partial charge < -0.3 is 9.64 Å². The van der Waals surface area contributed by atoms with E-state index in [0.717, 1.165) is 5.56 Å². The summed E-state index contributed by atoms with van der Waals surface area (Å²) >= 11 is 0. The first-order valence-corrected chi connectivity index (χ1v) is 8.47. The lowest BCUT2D eigenvalue weighted by molar-refractivity contribution is 0.0648. The molecule has 2 amide bonds. The molecule has 0 aromatic heterocycles. The van der Waals surface area contributed by atoms with Crippen LogP contribution in [-0.4, -0.2) is 48.9 Å². The summed E-state index contributed by atoms with van der Waals surface area (Å²) in [6.07, 6.45) is 0.653. The van der Waals surface area contributed by atoms with Crippen LogP contribution < -0.4 is 4.74 Å². The summed E-state index contributed by atoms with van der Waals surface area (Å²) < 4.78 is 18.7. The molecule has 1 aliphatic rings. The summed E-state index contributed by atoms with van der Waals surface area (Å²) in [5.74, 6) is -0.623. The van der Waals surface area contributed by atoms with E-state index in [-0.39, 0.29) is 23.4 Å². The summed E-state index contributed by atoms with van der Waals surface area (Å²) in [5, 5.41) is 0. The molecule has 1 aliphatic heterocycles. The van der Waals surface area contributed by atoms with E-state index in [2.05, 4.69) is 0 Å². The molecule has 0 fully saturated rings. The Balaban J connectivity index is 1.52. The molecule has 2 aromatic carbocycles. The second-order valence-corrected chi connectivity index (χ2v) is 6.37. The topological polar surface area (TPSA) is 49.9 Å². The summed E-state index contributed by atoms with van der Waals surface area (Å²) in [4.78, 5) is 27.9. The average Bonchev–Trinajstić information content (AvgIpc) is 2.87. The van der Waals surface area contributed by atoms with E-state index in [1.807, 2.05) is 18.0 Å². The highest BCUT2D eigenvalue weighted by Crippen LogP contribution is 2.22. The number of amides is 2. The molecule has 0 spiro atoms. The molecule has 5 nitrogen and oxygen atoms in total. The third-order valence-corrected chi connectivity index (χ3v) is 4.47. The number of ether oxygens (including phenoxy) is 1. The maximum atomic E-state index is 13.7. The summed E-state index contributed by atoms with van der Waals surface area (Å²) in [5.41, 5.74) is 1.78. The van der Waals surface area contributed by atoms with Crippen molar-refractivity contribution < 1.29 is 18.7 Å². The molecule has 2 aromatic rings. The SMILES string of the molecule is COc1ccc(CN(C)CCCN2C(=O)c3ccccc3C2=O)cc1F. The van der Waals surface area contributed by atoms with Gasteiger partial charge in [0, 0.05) is 13.1 Å². The molecular weight excluding hydrogens is 335 g/mol. The van der Waals surface area contributed by atoms with Gasteiger partial charge in [0.25, 0.3) is 11.8 Å². The number of benzene rings is 2.